The highest BCUT2D eigenvalue weighted by molar-refractivity contribution is 6.29. The van der Waals surface area contributed by atoms with Crippen LogP contribution < -0.4 is 4.90 Å². The van der Waals surface area contributed by atoms with Crippen molar-refractivity contribution in [1.29, 1.82) is 0 Å². The zero-order valence-electron chi connectivity index (χ0n) is 12.8. The lowest BCUT2D eigenvalue weighted by Crippen LogP contribution is -2.55. The van der Waals surface area contributed by atoms with Crippen LogP contribution in [0.4, 0.5) is 10.6 Å². The maximum atomic E-state index is 12.2. The van der Waals surface area contributed by atoms with Gasteiger partial charge in [0.15, 0.2) is 0 Å². The largest absolute Gasteiger partial charge is 0.444 e. The average Bonchev–Trinajstić information content (AvgIpc) is 2.36. The number of piperazine rings is 1. The van der Waals surface area contributed by atoms with Crippen molar-refractivity contribution in [1.82, 2.24) is 14.9 Å². The predicted molar refractivity (Wildman–Crippen MR) is 81.7 cm³/mol. The topological polar surface area (TPSA) is 58.6 Å². The van der Waals surface area contributed by atoms with Gasteiger partial charge in [0, 0.05) is 25.7 Å². The minimum Gasteiger partial charge on any atom is -0.444 e. The predicted octanol–water partition coefficient (Wildman–Crippen LogP) is 2.58. The van der Waals surface area contributed by atoms with E-state index in [9.17, 15) is 4.79 Å². The molecule has 1 aliphatic rings. The molecule has 0 aromatic carbocycles. The molecule has 0 spiro atoms. The van der Waals surface area contributed by atoms with Crippen molar-refractivity contribution < 1.29 is 9.53 Å². The van der Waals surface area contributed by atoms with Crippen LogP contribution in [0.2, 0.25) is 5.15 Å². The van der Waals surface area contributed by atoms with Crippen molar-refractivity contribution in [3.8, 4) is 0 Å². The minimum absolute atomic E-state index is 0.0365. The molecule has 0 saturated carbocycles. The van der Waals surface area contributed by atoms with E-state index < -0.39 is 5.60 Å². The summed E-state index contributed by atoms with van der Waals surface area (Å²) < 4.78 is 5.43. The normalized spacial score (nSPS) is 19.6. The number of amides is 1. The zero-order chi connectivity index (χ0) is 15.6. The van der Waals surface area contributed by atoms with Gasteiger partial charge in [-0.3, -0.25) is 4.98 Å². The van der Waals surface area contributed by atoms with E-state index in [1.54, 1.807) is 11.1 Å². The Morgan fingerprint density at radius 3 is 2.67 bits per heavy atom. The highest BCUT2D eigenvalue weighted by Crippen LogP contribution is 2.20. The fourth-order valence-corrected chi connectivity index (χ4v) is 2.39. The molecule has 1 atom stereocenters. The van der Waals surface area contributed by atoms with E-state index in [1.807, 2.05) is 27.7 Å². The average molecular weight is 313 g/mol. The molecular formula is C14H21ClN4O2. The quantitative estimate of drug-likeness (QED) is 0.797. The third kappa shape index (κ3) is 4.20. The fraction of sp³-hybridized carbons (Fsp3) is 0.643. The van der Waals surface area contributed by atoms with Crippen LogP contribution in [0.15, 0.2) is 12.4 Å². The maximum Gasteiger partial charge on any atom is 0.410 e. The number of hydrogen-bond donors (Lipinski definition) is 0. The molecular weight excluding hydrogens is 292 g/mol. The lowest BCUT2D eigenvalue weighted by atomic mass is 10.2. The van der Waals surface area contributed by atoms with Crippen LogP contribution in [-0.4, -0.2) is 52.2 Å². The van der Waals surface area contributed by atoms with Gasteiger partial charge in [-0.1, -0.05) is 11.6 Å². The Balaban J connectivity index is 2.01. The Morgan fingerprint density at radius 1 is 1.38 bits per heavy atom. The molecule has 1 amide bonds. The molecule has 0 aliphatic carbocycles. The van der Waals surface area contributed by atoms with Crippen molar-refractivity contribution in [2.75, 3.05) is 24.5 Å². The Bertz CT molecular complexity index is 518. The van der Waals surface area contributed by atoms with E-state index in [4.69, 9.17) is 16.3 Å². The van der Waals surface area contributed by atoms with Gasteiger partial charge >= 0.3 is 6.09 Å². The summed E-state index contributed by atoms with van der Waals surface area (Å²) in [7, 11) is 0. The third-order valence-corrected chi connectivity index (χ3v) is 3.35. The van der Waals surface area contributed by atoms with Crippen molar-refractivity contribution >= 4 is 23.5 Å². The Hall–Kier alpha value is -1.56. The van der Waals surface area contributed by atoms with E-state index in [-0.39, 0.29) is 12.1 Å². The van der Waals surface area contributed by atoms with Crippen LogP contribution in [0.1, 0.15) is 27.7 Å². The zero-order valence-corrected chi connectivity index (χ0v) is 13.6. The van der Waals surface area contributed by atoms with Crippen LogP contribution in [0.5, 0.6) is 0 Å². The molecule has 1 aromatic rings. The number of hydrogen-bond acceptors (Lipinski definition) is 5. The SMILES string of the molecule is C[C@H]1CN(c2cncc(Cl)n2)CCN1C(=O)OC(C)(C)C. The molecule has 0 N–H and O–H groups in total. The fourth-order valence-electron chi connectivity index (χ4n) is 2.24. The Labute approximate surface area is 130 Å². The highest BCUT2D eigenvalue weighted by Gasteiger charge is 2.31. The van der Waals surface area contributed by atoms with E-state index in [2.05, 4.69) is 14.9 Å². The van der Waals surface area contributed by atoms with Gasteiger partial charge in [-0.15, -0.1) is 0 Å². The number of ether oxygens (including phenoxy) is 1. The molecule has 1 saturated heterocycles. The summed E-state index contributed by atoms with van der Waals surface area (Å²) in [5.41, 5.74) is -0.480. The molecule has 6 nitrogen and oxygen atoms in total. The minimum atomic E-state index is -0.480. The number of carbonyl (C=O) groups is 1. The van der Waals surface area contributed by atoms with Crippen molar-refractivity contribution in [2.24, 2.45) is 0 Å². The summed E-state index contributed by atoms with van der Waals surface area (Å²) >= 11 is 5.87. The molecule has 7 heteroatoms. The first-order valence-electron chi connectivity index (χ1n) is 6.98. The first kappa shape index (κ1) is 15.8. The molecule has 1 fully saturated rings. The number of rotatable bonds is 1. The third-order valence-electron chi connectivity index (χ3n) is 3.17. The molecule has 2 rings (SSSR count). The lowest BCUT2D eigenvalue weighted by Gasteiger charge is -2.40. The number of nitrogens with zero attached hydrogens (tertiary/aromatic N) is 4. The van der Waals surface area contributed by atoms with Crippen molar-refractivity contribution in [3.63, 3.8) is 0 Å². The van der Waals surface area contributed by atoms with Crippen LogP contribution >= 0.6 is 11.6 Å². The molecule has 1 aliphatic heterocycles. The van der Waals surface area contributed by atoms with Crippen LogP contribution in [0.25, 0.3) is 0 Å². The second kappa shape index (κ2) is 6.05. The van der Waals surface area contributed by atoms with Gasteiger partial charge in [-0.05, 0) is 27.7 Å². The first-order chi connectivity index (χ1) is 9.76. The molecule has 21 heavy (non-hydrogen) atoms. The van der Waals surface area contributed by atoms with Gasteiger partial charge in [0.1, 0.15) is 16.6 Å². The Morgan fingerprint density at radius 2 is 2.10 bits per heavy atom. The number of halogens is 1. The second-order valence-electron chi connectivity index (χ2n) is 6.17. The number of carbonyl (C=O) groups excluding carboxylic acids is 1. The van der Waals surface area contributed by atoms with Crippen LogP contribution in [0, 0.1) is 0 Å². The molecule has 0 bridgehead atoms. The second-order valence-corrected chi connectivity index (χ2v) is 6.56. The van der Waals surface area contributed by atoms with E-state index >= 15 is 0 Å². The van der Waals surface area contributed by atoms with E-state index in [0.29, 0.717) is 24.8 Å². The summed E-state index contributed by atoms with van der Waals surface area (Å²) in [4.78, 5) is 24.3. The van der Waals surface area contributed by atoms with Gasteiger partial charge in [-0.25, -0.2) is 9.78 Å². The molecule has 116 valence electrons. The van der Waals surface area contributed by atoms with Crippen molar-refractivity contribution in [3.05, 3.63) is 17.5 Å². The van der Waals surface area contributed by atoms with E-state index in [0.717, 1.165) is 5.82 Å². The maximum absolute atomic E-state index is 12.2. The monoisotopic (exact) mass is 312 g/mol. The van der Waals surface area contributed by atoms with Gasteiger partial charge in [0.05, 0.1) is 12.4 Å². The summed E-state index contributed by atoms with van der Waals surface area (Å²) in [6.07, 6.45) is 2.92. The molecule has 1 aromatic heterocycles. The van der Waals surface area contributed by atoms with E-state index in [1.165, 1.54) is 6.20 Å². The summed E-state index contributed by atoms with van der Waals surface area (Å²) in [5.74, 6) is 0.734. The number of aromatic nitrogens is 2. The summed E-state index contributed by atoms with van der Waals surface area (Å²) in [5, 5.41) is 0.370. The molecule has 0 unspecified atom stereocenters. The number of anilines is 1. The Kier molecular flexibility index (Phi) is 4.56. The molecule has 0 radical (unpaired) electrons. The van der Waals surface area contributed by atoms with Gasteiger partial charge in [0.2, 0.25) is 0 Å². The van der Waals surface area contributed by atoms with Gasteiger partial charge < -0.3 is 14.5 Å². The van der Waals surface area contributed by atoms with Crippen LogP contribution in [0.3, 0.4) is 0 Å². The van der Waals surface area contributed by atoms with Gasteiger partial charge in [-0.2, -0.15) is 0 Å². The summed E-state index contributed by atoms with van der Waals surface area (Å²) in [6, 6.07) is 0.0365. The van der Waals surface area contributed by atoms with Crippen molar-refractivity contribution in [2.45, 2.75) is 39.3 Å². The summed E-state index contributed by atoms with van der Waals surface area (Å²) in [6.45, 7) is 9.54. The molecule has 2 heterocycles. The van der Waals surface area contributed by atoms with Gasteiger partial charge in [0.25, 0.3) is 0 Å². The highest BCUT2D eigenvalue weighted by atomic mass is 35.5. The lowest BCUT2D eigenvalue weighted by molar-refractivity contribution is 0.0158. The standard InChI is InChI=1S/C14H21ClN4O2/c1-10-9-18(12-8-16-7-11(15)17-12)5-6-19(10)13(20)21-14(2,3)4/h7-8,10H,5-6,9H2,1-4H3/t10-/m0/s1. The smallest absolute Gasteiger partial charge is 0.410 e. The first-order valence-corrected chi connectivity index (χ1v) is 7.36. The van der Waals surface area contributed by atoms with Crippen LogP contribution in [-0.2, 0) is 4.74 Å².